The summed E-state index contributed by atoms with van der Waals surface area (Å²) in [7, 11) is 0. The van der Waals surface area contributed by atoms with Crippen molar-refractivity contribution in [2.24, 2.45) is 0 Å². The van der Waals surface area contributed by atoms with Crippen LogP contribution in [-0.4, -0.2) is 11.9 Å². The van der Waals surface area contributed by atoms with Crippen molar-refractivity contribution in [3.8, 4) is 0 Å². The summed E-state index contributed by atoms with van der Waals surface area (Å²) in [6.07, 6.45) is 7.87. The van der Waals surface area contributed by atoms with E-state index in [1.54, 1.807) is 0 Å². The van der Waals surface area contributed by atoms with Crippen LogP contribution in [0.5, 0.6) is 0 Å². The number of benzene rings is 1. The molecule has 1 amide bonds. The van der Waals surface area contributed by atoms with Crippen LogP contribution in [0.2, 0.25) is 0 Å². The zero-order valence-corrected chi connectivity index (χ0v) is 13.2. The third kappa shape index (κ3) is 5.77. The Bertz CT molecular complexity index is 377. The van der Waals surface area contributed by atoms with E-state index in [0.29, 0.717) is 6.04 Å². The van der Waals surface area contributed by atoms with Crippen molar-refractivity contribution in [2.45, 2.75) is 71.8 Å². The molecule has 0 aliphatic rings. The molecule has 0 unspecified atom stereocenters. The molecular weight excluding hydrogens is 246 g/mol. The van der Waals surface area contributed by atoms with Crippen molar-refractivity contribution in [1.82, 2.24) is 5.32 Å². The number of rotatable bonds is 9. The van der Waals surface area contributed by atoms with Gasteiger partial charge in [-0.1, -0.05) is 52.2 Å². The van der Waals surface area contributed by atoms with E-state index in [2.05, 4.69) is 38.2 Å². The van der Waals surface area contributed by atoms with Gasteiger partial charge < -0.3 is 5.32 Å². The number of hydrogen-bond acceptors (Lipinski definition) is 1. The molecule has 0 radical (unpaired) electrons. The predicted octanol–water partition coefficient (Wildman–Crippen LogP) is 4.73. The standard InChI is InChI=1S/C18H29NO/c1-4-7-10-15-11-13-16(14-12-15)18(20)19-17(8-5-2)9-6-3/h11-14,17H,4-10H2,1-3H3,(H,19,20). The number of unbranched alkanes of at least 4 members (excludes halogenated alkanes) is 1. The van der Waals surface area contributed by atoms with E-state index >= 15 is 0 Å². The van der Waals surface area contributed by atoms with E-state index in [-0.39, 0.29) is 5.91 Å². The Labute approximate surface area is 124 Å². The van der Waals surface area contributed by atoms with Crippen LogP contribution in [0.3, 0.4) is 0 Å². The maximum atomic E-state index is 12.2. The minimum absolute atomic E-state index is 0.0685. The van der Waals surface area contributed by atoms with Crippen LogP contribution in [0, 0.1) is 0 Å². The molecule has 0 aliphatic heterocycles. The Morgan fingerprint density at radius 1 is 1.00 bits per heavy atom. The Morgan fingerprint density at radius 3 is 2.10 bits per heavy atom. The lowest BCUT2D eigenvalue weighted by Crippen LogP contribution is -2.34. The molecule has 1 aromatic rings. The van der Waals surface area contributed by atoms with Crippen LogP contribution >= 0.6 is 0 Å². The summed E-state index contributed by atoms with van der Waals surface area (Å²) in [5.74, 6) is 0.0685. The van der Waals surface area contributed by atoms with Crippen molar-refractivity contribution >= 4 is 5.91 Å². The maximum Gasteiger partial charge on any atom is 0.251 e. The van der Waals surface area contributed by atoms with Crippen LogP contribution in [0.25, 0.3) is 0 Å². The zero-order valence-electron chi connectivity index (χ0n) is 13.2. The predicted molar refractivity (Wildman–Crippen MR) is 86.1 cm³/mol. The average molecular weight is 275 g/mol. The number of hydrogen-bond donors (Lipinski definition) is 1. The maximum absolute atomic E-state index is 12.2. The molecule has 1 aromatic carbocycles. The molecule has 1 rings (SSSR count). The van der Waals surface area contributed by atoms with Crippen molar-refractivity contribution < 1.29 is 4.79 Å². The molecule has 112 valence electrons. The van der Waals surface area contributed by atoms with Crippen LogP contribution in [0.4, 0.5) is 0 Å². The molecule has 0 aliphatic carbocycles. The number of amides is 1. The average Bonchev–Trinajstić information content (AvgIpc) is 2.46. The van der Waals surface area contributed by atoms with E-state index in [4.69, 9.17) is 0 Å². The Hall–Kier alpha value is -1.31. The van der Waals surface area contributed by atoms with Gasteiger partial charge in [-0.15, -0.1) is 0 Å². The summed E-state index contributed by atoms with van der Waals surface area (Å²) < 4.78 is 0. The Morgan fingerprint density at radius 2 is 1.60 bits per heavy atom. The highest BCUT2D eigenvalue weighted by atomic mass is 16.1. The first kappa shape index (κ1) is 16.7. The first-order valence-corrected chi connectivity index (χ1v) is 8.11. The highest BCUT2D eigenvalue weighted by Gasteiger charge is 2.12. The largest absolute Gasteiger partial charge is 0.349 e. The van der Waals surface area contributed by atoms with Crippen LogP contribution in [-0.2, 0) is 6.42 Å². The topological polar surface area (TPSA) is 29.1 Å². The molecule has 0 heterocycles. The molecule has 2 heteroatoms. The van der Waals surface area contributed by atoms with Crippen molar-refractivity contribution in [1.29, 1.82) is 0 Å². The van der Waals surface area contributed by atoms with Crippen LogP contribution in [0.1, 0.15) is 75.2 Å². The molecule has 0 saturated carbocycles. The second-order valence-electron chi connectivity index (χ2n) is 5.55. The molecule has 0 saturated heterocycles. The fourth-order valence-electron chi connectivity index (χ4n) is 2.46. The molecule has 0 fully saturated rings. The summed E-state index contributed by atoms with van der Waals surface area (Å²) >= 11 is 0. The van der Waals surface area contributed by atoms with E-state index in [1.807, 2.05) is 12.1 Å². The van der Waals surface area contributed by atoms with Gasteiger partial charge in [-0.25, -0.2) is 0 Å². The molecule has 2 nitrogen and oxygen atoms in total. The summed E-state index contributed by atoms with van der Waals surface area (Å²) in [6, 6.07) is 8.39. The van der Waals surface area contributed by atoms with Crippen LogP contribution in [0.15, 0.2) is 24.3 Å². The number of carbonyl (C=O) groups excluding carboxylic acids is 1. The molecule has 0 bridgehead atoms. The molecule has 20 heavy (non-hydrogen) atoms. The van der Waals surface area contributed by atoms with Gasteiger partial charge in [-0.05, 0) is 43.4 Å². The summed E-state index contributed by atoms with van der Waals surface area (Å²) in [4.78, 5) is 12.2. The van der Waals surface area contributed by atoms with Gasteiger partial charge in [-0.3, -0.25) is 4.79 Å². The Kier molecular flexibility index (Phi) is 8.01. The molecular formula is C18H29NO. The Balaban J connectivity index is 2.57. The number of aryl methyl sites for hydroxylation is 1. The van der Waals surface area contributed by atoms with Crippen molar-refractivity contribution in [3.63, 3.8) is 0 Å². The van der Waals surface area contributed by atoms with Gasteiger partial charge in [0.2, 0.25) is 0 Å². The van der Waals surface area contributed by atoms with E-state index in [9.17, 15) is 4.79 Å². The highest BCUT2D eigenvalue weighted by Crippen LogP contribution is 2.10. The van der Waals surface area contributed by atoms with Gasteiger partial charge in [0.05, 0.1) is 0 Å². The van der Waals surface area contributed by atoms with Crippen molar-refractivity contribution in [2.75, 3.05) is 0 Å². The highest BCUT2D eigenvalue weighted by molar-refractivity contribution is 5.94. The van der Waals surface area contributed by atoms with Gasteiger partial charge in [0.25, 0.3) is 5.91 Å². The first-order chi connectivity index (χ1) is 9.71. The van der Waals surface area contributed by atoms with Gasteiger partial charge in [0.1, 0.15) is 0 Å². The van der Waals surface area contributed by atoms with Crippen molar-refractivity contribution in [3.05, 3.63) is 35.4 Å². The summed E-state index contributed by atoms with van der Waals surface area (Å²) in [5, 5.41) is 3.16. The lowest BCUT2D eigenvalue weighted by Gasteiger charge is -2.17. The minimum atomic E-state index is 0.0685. The van der Waals surface area contributed by atoms with Gasteiger partial charge in [0.15, 0.2) is 0 Å². The molecule has 1 N–H and O–H groups in total. The number of carbonyl (C=O) groups is 1. The van der Waals surface area contributed by atoms with Gasteiger partial charge >= 0.3 is 0 Å². The first-order valence-electron chi connectivity index (χ1n) is 8.11. The van der Waals surface area contributed by atoms with E-state index in [1.165, 1.54) is 18.4 Å². The lowest BCUT2D eigenvalue weighted by molar-refractivity contribution is 0.0932. The molecule has 0 aromatic heterocycles. The second kappa shape index (κ2) is 9.57. The fourth-order valence-corrected chi connectivity index (χ4v) is 2.46. The van der Waals surface area contributed by atoms with E-state index in [0.717, 1.165) is 37.7 Å². The quantitative estimate of drug-likeness (QED) is 0.693. The fraction of sp³-hybridized carbons (Fsp3) is 0.611. The van der Waals surface area contributed by atoms with E-state index < -0.39 is 0 Å². The third-order valence-corrected chi connectivity index (χ3v) is 3.64. The lowest BCUT2D eigenvalue weighted by atomic mass is 10.0. The van der Waals surface area contributed by atoms with Gasteiger partial charge in [-0.2, -0.15) is 0 Å². The monoisotopic (exact) mass is 275 g/mol. The molecule has 0 atom stereocenters. The second-order valence-corrected chi connectivity index (χ2v) is 5.55. The van der Waals surface area contributed by atoms with Gasteiger partial charge in [0, 0.05) is 11.6 Å². The smallest absolute Gasteiger partial charge is 0.251 e. The van der Waals surface area contributed by atoms with Crippen LogP contribution < -0.4 is 5.32 Å². The normalized spacial score (nSPS) is 10.8. The summed E-state index contributed by atoms with van der Waals surface area (Å²) in [6.45, 7) is 6.53. The number of nitrogens with one attached hydrogen (secondary N) is 1. The zero-order chi connectivity index (χ0) is 14.8. The molecule has 0 spiro atoms. The minimum Gasteiger partial charge on any atom is -0.349 e. The SMILES string of the molecule is CCCCc1ccc(C(=O)NC(CCC)CCC)cc1. The summed E-state index contributed by atoms with van der Waals surface area (Å²) in [5.41, 5.74) is 2.10. The third-order valence-electron chi connectivity index (χ3n) is 3.64.